The van der Waals surface area contributed by atoms with Gasteiger partial charge < -0.3 is 5.73 Å². The number of amidine groups is 1. The van der Waals surface area contributed by atoms with Gasteiger partial charge in [0.2, 0.25) is 0 Å². The first-order chi connectivity index (χ1) is 3.68. The number of allylic oxidation sites excluding steroid dienone is 1. The van der Waals surface area contributed by atoms with Crippen molar-refractivity contribution in [1.82, 2.24) is 0 Å². The predicted octanol–water partition coefficient (Wildman–Crippen LogP) is 1.13. The van der Waals surface area contributed by atoms with Crippen LogP contribution in [0, 0.1) is 11.3 Å². The highest BCUT2D eigenvalue weighted by Crippen LogP contribution is 1.99. The zero-order valence-electron chi connectivity index (χ0n) is 5.15. The summed E-state index contributed by atoms with van der Waals surface area (Å²) in [7, 11) is 0. The average Bonchev–Trinajstić information content (AvgIpc) is 1.67. The summed E-state index contributed by atoms with van der Waals surface area (Å²) >= 11 is 0. The molecule has 0 rings (SSSR count). The number of nitrogens with two attached hydrogens (primary N) is 1. The van der Waals surface area contributed by atoms with Crippen molar-refractivity contribution in [1.29, 1.82) is 5.41 Å². The molecule has 0 aromatic carbocycles. The first kappa shape index (κ1) is 7.21. The standard InChI is InChI=1S/C6H12N2/c1-3-4-5(2)6(7)8/h3,5H,1,4H2,2H3,(H3,7,8)/t5-/m1/s1. The molecule has 0 aromatic heterocycles. The van der Waals surface area contributed by atoms with Crippen molar-refractivity contribution in [3.63, 3.8) is 0 Å². The van der Waals surface area contributed by atoms with Gasteiger partial charge in [0.05, 0.1) is 5.84 Å². The second-order valence-corrected chi connectivity index (χ2v) is 1.88. The van der Waals surface area contributed by atoms with Gasteiger partial charge in [0, 0.05) is 5.92 Å². The van der Waals surface area contributed by atoms with E-state index >= 15 is 0 Å². The minimum Gasteiger partial charge on any atom is -0.387 e. The molecule has 3 N–H and O–H groups in total. The minimum absolute atomic E-state index is 0.160. The molecule has 0 amide bonds. The molecule has 0 fully saturated rings. The highest BCUT2D eigenvalue weighted by atomic mass is 14.7. The summed E-state index contributed by atoms with van der Waals surface area (Å²) in [6, 6.07) is 0. The number of rotatable bonds is 3. The van der Waals surface area contributed by atoms with Crippen LogP contribution in [0.2, 0.25) is 0 Å². The van der Waals surface area contributed by atoms with E-state index in [-0.39, 0.29) is 11.8 Å². The van der Waals surface area contributed by atoms with Gasteiger partial charge in [0.25, 0.3) is 0 Å². The molecule has 0 aromatic rings. The lowest BCUT2D eigenvalue weighted by atomic mass is 10.1. The van der Waals surface area contributed by atoms with E-state index in [1.165, 1.54) is 0 Å². The Kier molecular flexibility index (Phi) is 2.92. The average molecular weight is 112 g/mol. The lowest BCUT2D eigenvalue weighted by Crippen LogP contribution is -2.18. The van der Waals surface area contributed by atoms with Gasteiger partial charge >= 0.3 is 0 Å². The molecule has 0 bridgehead atoms. The molecule has 0 saturated heterocycles. The van der Waals surface area contributed by atoms with Gasteiger partial charge in [-0.3, -0.25) is 5.41 Å². The maximum absolute atomic E-state index is 6.93. The Balaban J connectivity index is 3.46. The van der Waals surface area contributed by atoms with Gasteiger partial charge in [0.15, 0.2) is 0 Å². The first-order valence-corrected chi connectivity index (χ1v) is 2.63. The topological polar surface area (TPSA) is 49.9 Å². The lowest BCUT2D eigenvalue weighted by Gasteiger charge is -2.02. The Morgan fingerprint density at radius 1 is 2.00 bits per heavy atom. The van der Waals surface area contributed by atoms with E-state index in [4.69, 9.17) is 11.1 Å². The Bertz CT molecular complexity index is 96.7. The molecule has 1 atom stereocenters. The van der Waals surface area contributed by atoms with Crippen LogP contribution in [0.1, 0.15) is 13.3 Å². The van der Waals surface area contributed by atoms with Gasteiger partial charge in [-0.25, -0.2) is 0 Å². The van der Waals surface area contributed by atoms with Crippen LogP contribution in [0.5, 0.6) is 0 Å². The van der Waals surface area contributed by atoms with E-state index in [2.05, 4.69) is 6.58 Å². The van der Waals surface area contributed by atoms with Crippen molar-refractivity contribution in [2.45, 2.75) is 13.3 Å². The molecule has 0 aliphatic rings. The quantitative estimate of drug-likeness (QED) is 0.321. The predicted molar refractivity (Wildman–Crippen MR) is 35.9 cm³/mol. The van der Waals surface area contributed by atoms with Crippen molar-refractivity contribution < 1.29 is 0 Å². The number of hydrogen-bond acceptors (Lipinski definition) is 1. The Hall–Kier alpha value is -0.790. The zero-order chi connectivity index (χ0) is 6.57. The third kappa shape index (κ3) is 2.39. The van der Waals surface area contributed by atoms with E-state index in [1.54, 1.807) is 6.08 Å². The van der Waals surface area contributed by atoms with Crippen LogP contribution in [0.25, 0.3) is 0 Å². The van der Waals surface area contributed by atoms with E-state index in [9.17, 15) is 0 Å². The van der Waals surface area contributed by atoms with Crippen molar-refractivity contribution in [2.24, 2.45) is 11.7 Å². The number of nitrogens with one attached hydrogen (secondary N) is 1. The summed E-state index contributed by atoms with van der Waals surface area (Å²) in [6.07, 6.45) is 2.57. The normalized spacial score (nSPS) is 12.6. The highest BCUT2D eigenvalue weighted by Gasteiger charge is 1.99. The molecule has 0 heterocycles. The fourth-order valence-electron chi connectivity index (χ4n) is 0.377. The Morgan fingerprint density at radius 2 is 2.50 bits per heavy atom. The molecule has 2 nitrogen and oxygen atoms in total. The monoisotopic (exact) mass is 112 g/mol. The first-order valence-electron chi connectivity index (χ1n) is 2.63. The summed E-state index contributed by atoms with van der Waals surface area (Å²) in [4.78, 5) is 0. The van der Waals surface area contributed by atoms with Crippen LogP contribution in [0.3, 0.4) is 0 Å². The van der Waals surface area contributed by atoms with Crippen LogP contribution in [-0.2, 0) is 0 Å². The largest absolute Gasteiger partial charge is 0.387 e. The summed E-state index contributed by atoms with van der Waals surface area (Å²) in [5.74, 6) is 0.400. The second kappa shape index (κ2) is 3.24. The fraction of sp³-hybridized carbons (Fsp3) is 0.500. The highest BCUT2D eigenvalue weighted by molar-refractivity contribution is 5.79. The molecule has 46 valence electrons. The van der Waals surface area contributed by atoms with Crippen molar-refractivity contribution in [2.75, 3.05) is 0 Å². The summed E-state index contributed by atoms with van der Waals surface area (Å²) < 4.78 is 0. The van der Waals surface area contributed by atoms with E-state index < -0.39 is 0 Å². The molecule has 8 heavy (non-hydrogen) atoms. The van der Waals surface area contributed by atoms with Gasteiger partial charge in [-0.2, -0.15) is 0 Å². The maximum atomic E-state index is 6.93. The van der Waals surface area contributed by atoms with Crippen LogP contribution < -0.4 is 5.73 Å². The van der Waals surface area contributed by atoms with Gasteiger partial charge in [-0.15, -0.1) is 6.58 Å². The Morgan fingerprint density at radius 3 is 2.62 bits per heavy atom. The molecule has 0 unspecified atom stereocenters. The molecule has 2 heteroatoms. The van der Waals surface area contributed by atoms with E-state index in [0.717, 1.165) is 6.42 Å². The minimum atomic E-state index is 0.160. The molecular formula is C6H12N2. The summed E-state index contributed by atoms with van der Waals surface area (Å²) in [5.41, 5.74) is 5.16. The van der Waals surface area contributed by atoms with E-state index in [0.29, 0.717) is 0 Å². The van der Waals surface area contributed by atoms with Crippen molar-refractivity contribution >= 4 is 5.84 Å². The molecular weight excluding hydrogens is 100 g/mol. The Labute approximate surface area is 49.9 Å². The van der Waals surface area contributed by atoms with E-state index in [1.807, 2.05) is 6.92 Å². The summed E-state index contributed by atoms with van der Waals surface area (Å²) in [5, 5.41) is 6.93. The lowest BCUT2D eigenvalue weighted by molar-refractivity contribution is 0.777. The zero-order valence-corrected chi connectivity index (χ0v) is 5.15. The molecule has 0 aliphatic carbocycles. The molecule has 0 radical (unpaired) electrons. The van der Waals surface area contributed by atoms with Crippen LogP contribution in [0.4, 0.5) is 0 Å². The molecule has 0 aliphatic heterocycles. The van der Waals surface area contributed by atoms with Crippen LogP contribution in [-0.4, -0.2) is 5.84 Å². The van der Waals surface area contributed by atoms with Gasteiger partial charge in [0.1, 0.15) is 0 Å². The van der Waals surface area contributed by atoms with Gasteiger partial charge in [-0.1, -0.05) is 13.0 Å². The van der Waals surface area contributed by atoms with Crippen LogP contribution >= 0.6 is 0 Å². The summed E-state index contributed by atoms with van der Waals surface area (Å²) in [6.45, 7) is 5.44. The van der Waals surface area contributed by atoms with Crippen LogP contribution in [0.15, 0.2) is 12.7 Å². The number of hydrogen-bond donors (Lipinski definition) is 2. The van der Waals surface area contributed by atoms with Gasteiger partial charge in [-0.05, 0) is 6.42 Å². The van der Waals surface area contributed by atoms with Crippen molar-refractivity contribution in [3.05, 3.63) is 12.7 Å². The fourth-order valence-corrected chi connectivity index (χ4v) is 0.377. The third-order valence-corrected chi connectivity index (χ3v) is 1.05. The second-order valence-electron chi connectivity index (χ2n) is 1.88. The third-order valence-electron chi connectivity index (χ3n) is 1.05. The van der Waals surface area contributed by atoms with Crippen molar-refractivity contribution in [3.8, 4) is 0 Å². The smallest absolute Gasteiger partial charge is 0.0937 e. The molecule has 0 spiro atoms. The SMILES string of the molecule is C=CC[C@@H](C)C(=N)N. The molecule has 0 saturated carbocycles. The maximum Gasteiger partial charge on any atom is 0.0937 e.